The molecule has 116 valence electrons. The van der Waals surface area contributed by atoms with Crippen molar-refractivity contribution < 1.29 is 4.74 Å². The van der Waals surface area contributed by atoms with E-state index in [2.05, 4.69) is 24.4 Å². The van der Waals surface area contributed by atoms with E-state index in [-0.39, 0.29) is 10.8 Å². The van der Waals surface area contributed by atoms with E-state index in [4.69, 9.17) is 27.9 Å². The molecule has 4 heteroatoms. The van der Waals surface area contributed by atoms with Gasteiger partial charge in [0.25, 0.3) is 0 Å². The summed E-state index contributed by atoms with van der Waals surface area (Å²) in [5.41, 5.74) is 1.76. The summed E-state index contributed by atoms with van der Waals surface area (Å²) in [6.45, 7) is 4.32. The van der Waals surface area contributed by atoms with Crippen LogP contribution in [-0.4, -0.2) is 26.3 Å². The molecule has 1 aromatic rings. The van der Waals surface area contributed by atoms with Gasteiger partial charge in [0.2, 0.25) is 0 Å². The van der Waals surface area contributed by atoms with E-state index in [1.807, 2.05) is 13.2 Å². The van der Waals surface area contributed by atoms with Crippen LogP contribution in [0.2, 0.25) is 10.0 Å². The molecule has 1 aliphatic heterocycles. The molecule has 1 saturated carbocycles. The monoisotopic (exact) mass is 327 g/mol. The number of rotatable bonds is 5. The summed E-state index contributed by atoms with van der Waals surface area (Å²) in [6.07, 6.45) is 4.90. The minimum atomic E-state index is 0.211. The third kappa shape index (κ3) is 2.31. The summed E-state index contributed by atoms with van der Waals surface area (Å²) < 4.78 is 5.88. The SMILES string of the molecule is CCC[C@H](OC)C12CNCC[C@]1(c1ccc(Cl)c(Cl)c1)C2. The van der Waals surface area contributed by atoms with Crippen LogP contribution in [0, 0.1) is 5.41 Å². The van der Waals surface area contributed by atoms with Crippen molar-refractivity contribution in [2.45, 2.75) is 44.1 Å². The fourth-order valence-corrected chi connectivity index (χ4v) is 4.72. The standard InChI is InChI=1S/C17H23Cl2NO/c1-3-4-15(21-2)17-10-16(17,7-8-20-11-17)12-5-6-13(18)14(19)9-12/h5-6,9,15,20H,3-4,7-8,10-11H2,1-2H3/t15-,16+,17?/m0/s1. The first-order valence-electron chi connectivity index (χ1n) is 7.79. The predicted octanol–water partition coefficient (Wildman–Crippen LogP) is 4.43. The average Bonchev–Trinajstić information content (AvgIpc) is 3.19. The Morgan fingerprint density at radius 3 is 2.81 bits per heavy atom. The van der Waals surface area contributed by atoms with Crippen molar-refractivity contribution in [2.75, 3.05) is 20.2 Å². The van der Waals surface area contributed by atoms with Crippen LogP contribution in [0.5, 0.6) is 0 Å². The van der Waals surface area contributed by atoms with E-state index < -0.39 is 0 Å². The van der Waals surface area contributed by atoms with Crippen LogP contribution in [0.4, 0.5) is 0 Å². The second kappa shape index (κ2) is 5.73. The summed E-state index contributed by atoms with van der Waals surface area (Å²) in [6, 6.07) is 6.15. The molecule has 1 aromatic carbocycles. The van der Waals surface area contributed by atoms with E-state index in [0.717, 1.165) is 32.4 Å². The lowest BCUT2D eigenvalue weighted by atomic mass is 9.77. The average molecular weight is 328 g/mol. The molecule has 2 fully saturated rings. The Labute approximate surface area is 137 Å². The molecule has 0 spiro atoms. The van der Waals surface area contributed by atoms with Crippen molar-refractivity contribution in [3.8, 4) is 0 Å². The van der Waals surface area contributed by atoms with Crippen molar-refractivity contribution >= 4 is 23.2 Å². The van der Waals surface area contributed by atoms with Gasteiger partial charge in [-0.25, -0.2) is 0 Å². The van der Waals surface area contributed by atoms with E-state index in [1.165, 1.54) is 12.0 Å². The third-order valence-corrected chi connectivity index (χ3v) is 6.28. The van der Waals surface area contributed by atoms with Gasteiger partial charge in [-0.3, -0.25) is 0 Å². The van der Waals surface area contributed by atoms with E-state index >= 15 is 0 Å². The van der Waals surface area contributed by atoms with Gasteiger partial charge in [0, 0.05) is 24.5 Å². The maximum atomic E-state index is 6.25. The lowest BCUT2D eigenvalue weighted by Crippen LogP contribution is -2.45. The van der Waals surface area contributed by atoms with Crippen molar-refractivity contribution in [1.82, 2.24) is 5.32 Å². The zero-order valence-electron chi connectivity index (χ0n) is 12.7. The fraction of sp³-hybridized carbons (Fsp3) is 0.647. The molecule has 0 amide bonds. The predicted molar refractivity (Wildman–Crippen MR) is 88.4 cm³/mol. The Morgan fingerprint density at radius 2 is 2.14 bits per heavy atom. The first kappa shape index (κ1) is 15.6. The lowest BCUT2D eigenvalue weighted by Gasteiger charge is -2.36. The van der Waals surface area contributed by atoms with Crippen LogP contribution in [0.3, 0.4) is 0 Å². The molecule has 1 N–H and O–H groups in total. The summed E-state index contributed by atoms with van der Waals surface area (Å²) >= 11 is 12.3. The van der Waals surface area contributed by atoms with E-state index in [0.29, 0.717) is 16.1 Å². The molecule has 3 atom stereocenters. The van der Waals surface area contributed by atoms with Crippen LogP contribution in [0.1, 0.15) is 38.2 Å². The van der Waals surface area contributed by atoms with Crippen molar-refractivity contribution in [3.05, 3.63) is 33.8 Å². The molecule has 1 unspecified atom stereocenters. The summed E-state index contributed by atoms with van der Waals surface area (Å²) in [5, 5.41) is 4.86. The van der Waals surface area contributed by atoms with Crippen molar-refractivity contribution in [2.24, 2.45) is 5.41 Å². The Kier molecular flexibility index (Phi) is 4.26. The number of fused-ring (bicyclic) bond motifs is 1. The minimum Gasteiger partial charge on any atom is -0.381 e. The molecule has 2 nitrogen and oxygen atoms in total. The Bertz CT molecular complexity index is 536. The zero-order valence-corrected chi connectivity index (χ0v) is 14.2. The van der Waals surface area contributed by atoms with Crippen LogP contribution < -0.4 is 5.32 Å². The maximum Gasteiger partial charge on any atom is 0.0648 e. The summed E-state index contributed by atoms with van der Waals surface area (Å²) in [7, 11) is 1.85. The number of benzene rings is 1. The van der Waals surface area contributed by atoms with Gasteiger partial charge in [0.1, 0.15) is 0 Å². The summed E-state index contributed by atoms with van der Waals surface area (Å²) in [4.78, 5) is 0. The number of piperidine rings is 1. The number of hydrogen-bond acceptors (Lipinski definition) is 2. The first-order valence-corrected chi connectivity index (χ1v) is 8.54. The number of halogens is 2. The van der Waals surface area contributed by atoms with E-state index in [1.54, 1.807) is 0 Å². The molecule has 0 bridgehead atoms. The normalized spacial score (nSPS) is 32.6. The topological polar surface area (TPSA) is 21.3 Å². The van der Waals surface area contributed by atoms with Crippen LogP contribution >= 0.6 is 23.2 Å². The molecular formula is C17H23Cl2NO. The highest BCUT2D eigenvalue weighted by molar-refractivity contribution is 6.42. The van der Waals surface area contributed by atoms with E-state index in [9.17, 15) is 0 Å². The molecule has 1 heterocycles. The molecule has 3 rings (SSSR count). The lowest BCUT2D eigenvalue weighted by molar-refractivity contribution is 0.0150. The minimum absolute atomic E-state index is 0.211. The van der Waals surface area contributed by atoms with Gasteiger partial charge in [-0.05, 0) is 43.5 Å². The van der Waals surface area contributed by atoms with Gasteiger partial charge in [0.05, 0.1) is 16.1 Å². The molecule has 1 saturated heterocycles. The molecular weight excluding hydrogens is 305 g/mol. The van der Waals surface area contributed by atoms with Gasteiger partial charge in [-0.1, -0.05) is 42.6 Å². The molecule has 0 radical (unpaired) electrons. The molecule has 21 heavy (non-hydrogen) atoms. The Balaban J connectivity index is 1.97. The first-order chi connectivity index (χ1) is 10.1. The number of ether oxygens (including phenoxy) is 1. The van der Waals surface area contributed by atoms with Crippen LogP contribution in [0.25, 0.3) is 0 Å². The highest BCUT2D eigenvalue weighted by Crippen LogP contribution is 2.70. The second-order valence-electron chi connectivity index (χ2n) is 6.48. The number of nitrogens with one attached hydrogen (secondary N) is 1. The zero-order chi connectivity index (χ0) is 15.1. The molecule has 2 aliphatic rings. The van der Waals surface area contributed by atoms with Gasteiger partial charge >= 0.3 is 0 Å². The molecule has 1 aliphatic carbocycles. The number of methoxy groups -OCH3 is 1. The Morgan fingerprint density at radius 1 is 1.33 bits per heavy atom. The highest BCUT2D eigenvalue weighted by Gasteiger charge is 2.71. The van der Waals surface area contributed by atoms with Gasteiger partial charge < -0.3 is 10.1 Å². The number of hydrogen-bond donors (Lipinski definition) is 1. The highest BCUT2D eigenvalue weighted by atomic mass is 35.5. The third-order valence-electron chi connectivity index (χ3n) is 5.54. The fourth-order valence-electron chi connectivity index (χ4n) is 4.42. The second-order valence-corrected chi connectivity index (χ2v) is 7.30. The Hall–Kier alpha value is -0.280. The smallest absolute Gasteiger partial charge is 0.0648 e. The van der Waals surface area contributed by atoms with Gasteiger partial charge in [0.15, 0.2) is 0 Å². The van der Waals surface area contributed by atoms with Crippen molar-refractivity contribution in [1.29, 1.82) is 0 Å². The van der Waals surface area contributed by atoms with Crippen molar-refractivity contribution in [3.63, 3.8) is 0 Å². The largest absolute Gasteiger partial charge is 0.381 e. The quantitative estimate of drug-likeness (QED) is 0.863. The van der Waals surface area contributed by atoms with Crippen LogP contribution in [0.15, 0.2) is 18.2 Å². The van der Waals surface area contributed by atoms with Gasteiger partial charge in [-0.15, -0.1) is 0 Å². The maximum absolute atomic E-state index is 6.25. The van der Waals surface area contributed by atoms with Gasteiger partial charge in [-0.2, -0.15) is 0 Å². The summed E-state index contributed by atoms with van der Waals surface area (Å²) in [5.74, 6) is 0. The van der Waals surface area contributed by atoms with Crippen LogP contribution in [-0.2, 0) is 10.2 Å². The molecule has 0 aromatic heterocycles.